The molecule has 0 amide bonds. The zero-order chi connectivity index (χ0) is 18.2. The Morgan fingerprint density at radius 1 is 1.28 bits per heavy atom. The lowest BCUT2D eigenvalue weighted by Crippen LogP contribution is -2.29. The predicted octanol–water partition coefficient (Wildman–Crippen LogP) is 3.54. The molecule has 1 atom stereocenters. The van der Waals surface area contributed by atoms with Crippen LogP contribution in [0.4, 0.5) is 0 Å². The van der Waals surface area contributed by atoms with Crippen molar-refractivity contribution in [1.29, 1.82) is 0 Å². The van der Waals surface area contributed by atoms with Crippen molar-refractivity contribution in [1.82, 2.24) is 4.98 Å². The van der Waals surface area contributed by atoms with Crippen molar-refractivity contribution in [3.63, 3.8) is 0 Å². The smallest absolute Gasteiger partial charge is 0.347 e. The maximum atomic E-state index is 11.9. The number of carbonyl (C=O) groups is 2. The van der Waals surface area contributed by atoms with Gasteiger partial charge in [0.05, 0.1) is 11.6 Å². The lowest BCUT2D eigenvalue weighted by Gasteiger charge is -2.13. The first kappa shape index (κ1) is 19.0. The van der Waals surface area contributed by atoms with E-state index in [9.17, 15) is 9.59 Å². The summed E-state index contributed by atoms with van der Waals surface area (Å²) in [5.74, 6) is -0.825. The largest absolute Gasteiger partial charge is 0.480 e. The van der Waals surface area contributed by atoms with E-state index in [1.54, 1.807) is 24.4 Å². The first-order valence-corrected chi connectivity index (χ1v) is 8.43. The molecule has 0 aliphatic heterocycles. The SMILES string of the molecule is CCCCOC(=O)C(C)OC(=O)COc1ccc(Cl)c2cccnc12. The van der Waals surface area contributed by atoms with E-state index in [2.05, 4.69) is 4.98 Å². The summed E-state index contributed by atoms with van der Waals surface area (Å²) in [4.78, 5) is 27.8. The van der Waals surface area contributed by atoms with Crippen LogP contribution in [0, 0.1) is 0 Å². The minimum Gasteiger partial charge on any atom is -0.480 e. The van der Waals surface area contributed by atoms with Crippen molar-refractivity contribution >= 4 is 34.4 Å². The van der Waals surface area contributed by atoms with Crippen molar-refractivity contribution < 1.29 is 23.8 Å². The number of pyridine rings is 1. The Balaban J connectivity index is 1.90. The van der Waals surface area contributed by atoms with E-state index in [-0.39, 0.29) is 6.61 Å². The van der Waals surface area contributed by atoms with E-state index in [1.807, 2.05) is 13.0 Å². The number of nitrogens with zero attached hydrogens (tertiary/aromatic N) is 1. The number of halogens is 1. The van der Waals surface area contributed by atoms with Gasteiger partial charge in [-0.05, 0) is 37.6 Å². The van der Waals surface area contributed by atoms with Crippen LogP contribution < -0.4 is 4.74 Å². The van der Waals surface area contributed by atoms with Crippen molar-refractivity contribution in [2.24, 2.45) is 0 Å². The molecule has 2 aromatic rings. The second kappa shape index (κ2) is 9.22. The third-order valence-corrected chi connectivity index (χ3v) is 3.74. The van der Waals surface area contributed by atoms with Gasteiger partial charge in [0.25, 0.3) is 0 Å². The second-order valence-corrected chi connectivity index (χ2v) is 5.79. The Morgan fingerprint density at radius 2 is 2.08 bits per heavy atom. The highest BCUT2D eigenvalue weighted by molar-refractivity contribution is 6.35. The number of benzene rings is 1. The van der Waals surface area contributed by atoms with E-state index >= 15 is 0 Å². The van der Waals surface area contributed by atoms with Gasteiger partial charge in [0.15, 0.2) is 12.7 Å². The van der Waals surface area contributed by atoms with Crippen molar-refractivity contribution in [2.75, 3.05) is 13.2 Å². The molecule has 0 N–H and O–H groups in total. The first-order valence-electron chi connectivity index (χ1n) is 8.05. The lowest BCUT2D eigenvalue weighted by atomic mass is 10.2. The molecular formula is C18H20ClNO5. The molecule has 0 spiro atoms. The minimum atomic E-state index is -0.979. The van der Waals surface area contributed by atoms with Gasteiger partial charge in [-0.3, -0.25) is 4.98 Å². The number of hydrogen-bond acceptors (Lipinski definition) is 6. The number of fused-ring (bicyclic) bond motifs is 1. The molecule has 0 fully saturated rings. The van der Waals surface area contributed by atoms with E-state index in [4.69, 9.17) is 25.8 Å². The molecule has 1 heterocycles. The Kier molecular flexibility index (Phi) is 7.01. The number of hydrogen-bond donors (Lipinski definition) is 0. The summed E-state index contributed by atoms with van der Waals surface area (Å²) in [7, 11) is 0. The standard InChI is InChI=1S/C18H20ClNO5/c1-3-4-10-23-18(22)12(2)25-16(21)11-24-15-8-7-14(19)13-6-5-9-20-17(13)15/h5-9,12H,3-4,10-11H2,1-2H3. The van der Waals surface area contributed by atoms with Gasteiger partial charge in [-0.1, -0.05) is 24.9 Å². The van der Waals surface area contributed by atoms with E-state index in [1.165, 1.54) is 6.92 Å². The van der Waals surface area contributed by atoms with Crippen molar-refractivity contribution in [3.05, 3.63) is 35.5 Å². The molecule has 0 radical (unpaired) electrons. The first-order chi connectivity index (χ1) is 12.0. The van der Waals surface area contributed by atoms with Gasteiger partial charge in [-0.25, -0.2) is 9.59 Å². The number of esters is 2. The molecule has 1 unspecified atom stereocenters. The monoisotopic (exact) mass is 365 g/mol. The van der Waals surface area contributed by atoms with Gasteiger partial charge in [-0.15, -0.1) is 0 Å². The predicted molar refractivity (Wildman–Crippen MR) is 93.7 cm³/mol. The van der Waals surface area contributed by atoms with Gasteiger partial charge < -0.3 is 14.2 Å². The van der Waals surface area contributed by atoms with Crippen LogP contribution in [0.15, 0.2) is 30.5 Å². The normalized spacial score (nSPS) is 11.8. The molecule has 1 aromatic heterocycles. The van der Waals surface area contributed by atoms with Crippen LogP contribution in [-0.2, 0) is 19.1 Å². The Labute approximate surface area is 151 Å². The van der Waals surface area contributed by atoms with Gasteiger partial charge in [0, 0.05) is 11.6 Å². The number of unbranched alkanes of at least 4 members (excludes halogenated alkanes) is 1. The Hall–Kier alpha value is -2.34. The molecule has 0 aliphatic rings. The summed E-state index contributed by atoms with van der Waals surface area (Å²) in [6.45, 7) is 3.42. The average Bonchev–Trinajstić information content (AvgIpc) is 2.61. The zero-order valence-electron chi connectivity index (χ0n) is 14.2. The van der Waals surface area contributed by atoms with E-state index < -0.39 is 18.0 Å². The molecule has 0 saturated heterocycles. The van der Waals surface area contributed by atoms with Gasteiger partial charge in [0.2, 0.25) is 0 Å². The summed E-state index contributed by atoms with van der Waals surface area (Å²) in [5.41, 5.74) is 0.551. The van der Waals surface area contributed by atoms with Crippen LogP contribution in [0.3, 0.4) is 0 Å². The maximum Gasteiger partial charge on any atom is 0.347 e. The molecule has 0 saturated carbocycles. The number of ether oxygens (including phenoxy) is 3. The molecule has 0 aliphatic carbocycles. The molecule has 1 aromatic carbocycles. The highest BCUT2D eigenvalue weighted by Gasteiger charge is 2.19. The Morgan fingerprint density at radius 3 is 2.84 bits per heavy atom. The molecule has 134 valence electrons. The van der Waals surface area contributed by atoms with Crippen molar-refractivity contribution in [3.8, 4) is 5.75 Å². The van der Waals surface area contributed by atoms with Crippen LogP contribution in [0.1, 0.15) is 26.7 Å². The van der Waals surface area contributed by atoms with Crippen LogP contribution in [-0.4, -0.2) is 36.2 Å². The number of carbonyl (C=O) groups excluding carboxylic acids is 2. The fourth-order valence-corrected chi connectivity index (χ4v) is 2.29. The summed E-state index contributed by atoms with van der Waals surface area (Å²) >= 11 is 6.11. The van der Waals surface area contributed by atoms with Gasteiger partial charge in [-0.2, -0.15) is 0 Å². The zero-order valence-corrected chi connectivity index (χ0v) is 14.9. The van der Waals surface area contributed by atoms with E-state index in [0.717, 1.165) is 18.2 Å². The summed E-state index contributed by atoms with van der Waals surface area (Å²) < 4.78 is 15.5. The third kappa shape index (κ3) is 5.32. The number of aromatic nitrogens is 1. The van der Waals surface area contributed by atoms with Crippen LogP contribution >= 0.6 is 11.6 Å². The maximum absolute atomic E-state index is 11.9. The highest BCUT2D eigenvalue weighted by Crippen LogP contribution is 2.29. The van der Waals surface area contributed by atoms with Crippen LogP contribution in [0.25, 0.3) is 10.9 Å². The fraction of sp³-hybridized carbons (Fsp3) is 0.389. The molecule has 2 rings (SSSR count). The second-order valence-electron chi connectivity index (χ2n) is 5.39. The summed E-state index contributed by atoms with van der Waals surface area (Å²) in [6, 6.07) is 6.87. The van der Waals surface area contributed by atoms with Gasteiger partial charge >= 0.3 is 11.9 Å². The fourth-order valence-electron chi connectivity index (χ4n) is 2.08. The minimum absolute atomic E-state index is 0.316. The summed E-state index contributed by atoms with van der Waals surface area (Å²) in [5, 5.41) is 1.27. The summed E-state index contributed by atoms with van der Waals surface area (Å²) in [6.07, 6.45) is 2.32. The molecule has 6 nitrogen and oxygen atoms in total. The van der Waals surface area contributed by atoms with E-state index in [0.29, 0.717) is 22.9 Å². The lowest BCUT2D eigenvalue weighted by molar-refractivity contribution is -0.167. The molecule has 25 heavy (non-hydrogen) atoms. The highest BCUT2D eigenvalue weighted by atomic mass is 35.5. The average molecular weight is 366 g/mol. The van der Waals surface area contributed by atoms with Crippen LogP contribution in [0.2, 0.25) is 5.02 Å². The molecule has 0 bridgehead atoms. The number of rotatable bonds is 8. The quantitative estimate of drug-likeness (QED) is 0.526. The van der Waals surface area contributed by atoms with Crippen molar-refractivity contribution in [2.45, 2.75) is 32.8 Å². The van der Waals surface area contributed by atoms with Gasteiger partial charge in [0.1, 0.15) is 11.3 Å². The third-order valence-electron chi connectivity index (χ3n) is 3.41. The molecule has 7 heteroatoms. The van der Waals surface area contributed by atoms with Crippen LogP contribution in [0.5, 0.6) is 5.75 Å². The topological polar surface area (TPSA) is 74.7 Å². The Bertz CT molecular complexity index is 749. The molecular weight excluding hydrogens is 346 g/mol.